The van der Waals surface area contributed by atoms with Crippen LogP contribution in [0.3, 0.4) is 0 Å². The van der Waals surface area contributed by atoms with Gasteiger partial charge in [-0.15, -0.1) is 0 Å². The van der Waals surface area contributed by atoms with Gasteiger partial charge in [0.05, 0.1) is 5.52 Å². The zero-order valence-corrected chi connectivity index (χ0v) is 10.3. The lowest BCUT2D eigenvalue weighted by Crippen LogP contribution is -2.19. The van der Waals surface area contributed by atoms with Gasteiger partial charge >= 0.3 is 0 Å². The Morgan fingerprint density at radius 2 is 2.00 bits per heavy atom. The van der Waals surface area contributed by atoms with E-state index in [1.807, 2.05) is 6.07 Å². The second-order valence-corrected chi connectivity index (χ2v) is 5.02. The van der Waals surface area contributed by atoms with Gasteiger partial charge in [-0.3, -0.25) is 0 Å². The number of anilines is 1. The van der Waals surface area contributed by atoms with Gasteiger partial charge in [-0.25, -0.2) is 4.98 Å². The zero-order valence-electron chi connectivity index (χ0n) is 10.3. The van der Waals surface area contributed by atoms with E-state index >= 15 is 0 Å². The summed E-state index contributed by atoms with van der Waals surface area (Å²) in [5.41, 5.74) is 1.09. The Hall–Kier alpha value is -1.57. The highest BCUT2D eigenvalue weighted by atomic mass is 15.2. The highest BCUT2D eigenvalue weighted by molar-refractivity contribution is 5.80. The first-order valence-corrected chi connectivity index (χ1v) is 6.40. The van der Waals surface area contributed by atoms with Crippen LogP contribution in [-0.4, -0.2) is 18.6 Å². The molecule has 0 aliphatic heterocycles. The molecular formula is C15H18N2. The van der Waals surface area contributed by atoms with Gasteiger partial charge in [0, 0.05) is 19.0 Å². The van der Waals surface area contributed by atoms with Crippen molar-refractivity contribution in [1.82, 2.24) is 4.98 Å². The number of fused-ring (bicyclic) bond motifs is 1. The zero-order chi connectivity index (χ0) is 11.7. The minimum absolute atomic E-state index is 0.984. The summed E-state index contributed by atoms with van der Waals surface area (Å²) in [7, 11) is 2.14. The number of hydrogen-bond acceptors (Lipinski definition) is 2. The molecule has 2 aromatic rings. The van der Waals surface area contributed by atoms with E-state index in [1.165, 1.54) is 24.6 Å². The summed E-state index contributed by atoms with van der Waals surface area (Å²) in [6.07, 6.45) is 4.17. The van der Waals surface area contributed by atoms with Crippen molar-refractivity contribution < 1.29 is 0 Å². The van der Waals surface area contributed by atoms with Gasteiger partial charge in [0.1, 0.15) is 5.82 Å². The second kappa shape index (κ2) is 4.36. The molecule has 0 amide bonds. The summed E-state index contributed by atoms with van der Waals surface area (Å²) >= 11 is 0. The lowest BCUT2D eigenvalue weighted by Gasteiger charge is -2.18. The molecule has 1 heterocycles. The Labute approximate surface area is 102 Å². The summed E-state index contributed by atoms with van der Waals surface area (Å²) in [5.74, 6) is 2.07. The Morgan fingerprint density at radius 3 is 2.82 bits per heavy atom. The summed E-state index contributed by atoms with van der Waals surface area (Å²) < 4.78 is 0. The van der Waals surface area contributed by atoms with E-state index in [0.29, 0.717) is 0 Å². The Kier molecular flexibility index (Phi) is 2.71. The molecule has 0 bridgehead atoms. The van der Waals surface area contributed by atoms with Gasteiger partial charge in [-0.2, -0.15) is 0 Å². The summed E-state index contributed by atoms with van der Waals surface area (Å²) in [6.45, 7) is 1.12. The van der Waals surface area contributed by atoms with Gasteiger partial charge in [0.25, 0.3) is 0 Å². The maximum absolute atomic E-state index is 4.70. The van der Waals surface area contributed by atoms with E-state index < -0.39 is 0 Å². The van der Waals surface area contributed by atoms with Crippen LogP contribution in [0.4, 0.5) is 5.82 Å². The SMILES string of the molecule is CN(CCC1CC1)c1ccc2ccccc2n1. The predicted octanol–water partition coefficient (Wildman–Crippen LogP) is 3.47. The van der Waals surface area contributed by atoms with Gasteiger partial charge in [0.2, 0.25) is 0 Å². The van der Waals surface area contributed by atoms with E-state index in [4.69, 9.17) is 4.98 Å². The van der Waals surface area contributed by atoms with Crippen molar-refractivity contribution >= 4 is 16.7 Å². The molecule has 0 N–H and O–H groups in total. The van der Waals surface area contributed by atoms with Crippen LogP contribution >= 0.6 is 0 Å². The fourth-order valence-corrected chi connectivity index (χ4v) is 2.17. The molecule has 2 heteroatoms. The molecule has 0 radical (unpaired) electrons. The van der Waals surface area contributed by atoms with Gasteiger partial charge < -0.3 is 4.90 Å². The van der Waals surface area contributed by atoms with Crippen LogP contribution in [0.15, 0.2) is 36.4 Å². The standard InChI is InChI=1S/C15H18N2/c1-17(11-10-12-6-7-12)15-9-8-13-4-2-3-5-14(13)16-15/h2-5,8-9,12H,6-7,10-11H2,1H3. The first-order valence-electron chi connectivity index (χ1n) is 6.40. The van der Waals surface area contributed by atoms with Crippen molar-refractivity contribution in [3.8, 4) is 0 Å². The molecular weight excluding hydrogens is 208 g/mol. The monoisotopic (exact) mass is 226 g/mol. The van der Waals surface area contributed by atoms with Gasteiger partial charge in [-0.1, -0.05) is 31.0 Å². The number of nitrogens with zero attached hydrogens (tertiary/aromatic N) is 2. The largest absolute Gasteiger partial charge is 0.360 e. The van der Waals surface area contributed by atoms with Crippen LogP contribution in [0, 0.1) is 5.92 Å². The van der Waals surface area contributed by atoms with Crippen LogP contribution in [0.1, 0.15) is 19.3 Å². The molecule has 1 aliphatic carbocycles. The van der Waals surface area contributed by atoms with E-state index in [1.54, 1.807) is 0 Å². The number of para-hydroxylation sites is 1. The number of hydrogen-bond donors (Lipinski definition) is 0. The summed E-state index contributed by atoms with van der Waals surface area (Å²) in [6, 6.07) is 12.6. The van der Waals surface area contributed by atoms with Crippen molar-refractivity contribution in [3.63, 3.8) is 0 Å². The minimum Gasteiger partial charge on any atom is -0.360 e. The normalized spacial score (nSPS) is 15.1. The maximum Gasteiger partial charge on any atom is 0.128 e. The molecule has 3 rings (SSSR count). The van der Waals surface area contributed by atoms with Gasteiger partial charge in [0.15, 0.2) is 0 Å². The van der Waals surface area contributed by atoms with Gasteiger partial charge in [-0.05, 0) is 30.5 Å². The van der Waals surface area contributed by atoms with Crippen LogP contribution in [0.2, 0.25) is 0 Å². The van der Waals surface area contributed by atoms with E-state index in [0.717, 1.165) is 23.8 Å². The quantitative estimate of drug-likeness (QED) is 0.793. The highest BCUT2D eigenvalue weighted by Gasteiger charge is 2.21. The number of benzene rings is 1. The predicted molar refractivity (Wildman–Crippen MR) is 72.4 cm³/mol. The first-order chi connectivity index (χ1) is 8.33. The molecule has 1 fully saturated rings. The summed E-state index contributed by atoms with van der Waals surface area (Å²) in [5, 5.41) is 1.21. The smallest absolute Gasteiger partial charge is 0.128 e. The van der Waals surface area contributed by atoms with Crippen molar-refractivity contribution in [2.24, 2.45) is 5.92 Å². The number of pyridine rings is 1. The first kappa shape index (κ1) is 10.6. The molecule has 1 aromatic carbocycles. The third kappa shape index (κ3) is 2.41. The van der Waals surface area contributed by atoms with Crippen LogP contribution in [0.5, 0.6) is 0 Å². The molecule has 17 heavy (non-hydrogen) atoms. The van der Waals surface area contributed by atoms with Crippen molar-refractivity contribution in [2.45, 2.75) is 19.3 Å². The molecule has 1 aliphatic rings. The molecule has 0 saturated heterocycles. The minimum atomic E-state index is 0.984. The third-order valence-corrected chi connectivity index (χ3v) is 3.54. The molecule has 0 atom stereocenters. The number of rotatable bonds is 4. The average molecular weight is 226 g/mol. The van der Waals surface area contributed by atoms with Crippen molar-refractivity contribution in [3.05, 3.63) is 36.4 Å². The molecule has 2 nitrogen and oxygen atoms in total. The summed E-state index contributed by atoms with van der Waals surface area (Å²) in [4.78, 5) is 6.97. The van der Waals surface area contributed by atoms with Crippen molar-refractivity contribution in [1.29, 1.82) is 0 Å². The molecule has 88 valence electrons. The molecule has 0 spiro atoms. The molecule has 1 saturated carbocycles. The van der Waals surface area contributed by atoms with E-state index in [2.05, 4.69) is 42.3 Å². The third-order valence-electron chi connectivity index (χ3n) is 3.54. The van der Waals surface area contributed by atoms with Crippen LogP contribution in [-0.2, 0) is 0 Å². The van der Waals surface area contributed by atoms with Crippen LogP contribution < -0.4 is 4.90 Å². The second-order valence-electron chi connectivity index (χ2n) is 5.02. The lowest BCUT2D eigenvalue weighted by molar-refractivity contribution is 0.707. The Balaban J connectivity index is 1.78. The Bertz CT molecular complexity index is 517. The molecule has 0 unspecified atom stereocenters. The lowest BCUT2D eigenvalue weighted by atomic mass is 10.2. The fourth-order valence-electron chi connectivity index (χ4n) is 2.17. The Morgan fingerprint density at radius 1 is 1.18 bits per heavy atom. The average Bonchev–Trinajstić information content (AvgIpc) is 3.19. The molecule has 1 aromatic heterocycles. The van der Waals surface area contributed by atoms with Crippen LogP contribution in [0.25, 0.3) is 10.9 Å². The van der Waals surface area contributed by atoms with E-state index in [9.17, 15) is 0 Å². The fraction of sp³-hybridized carbons (Fsp3) is 0.400. The number of aromatic nitrogens is 1. The van der Waals surface area contributed by atoms with Crippen molar-refractivity contribution in [2.75, 3.05) is 18.5 Å². The topological polar surface area (TPSA) is 16.1 Å². The maximum atomic E-state index is 4.70. The highest BCUT2D eigenvalue weighted by Crippen LogP contribution is 2.32. The van der Waals surface area contributed by atoms with E-state index in [-0.39, 0.29) is 0 Å².